The summed E-state index contributed by atoms with van der Waals surface area (Å²) < 4.78 is 0. The predicted molar refractivity (Wildman–Crippen MR) is 121 cm³/mol. The van der Waals surface area contributed by atoms with E-state index in [1.54, 1.807) is 46.2 Å². The van der Waals surface area contributed by atoms with Crippen molar-refractivity contribution in [1.82, 2.24) is 15.1 Å². The minimum Gasteiger partial charge on any atom is -0.341 e. The van der Waals surface area contributed by atoms with Crippen LogP contribution < -0.4 is 16.0 Å². The molecule has 8 nitrogen and oxygen atoms in total. The Morgan fingerprint density at radius 2 is 1.45 bits per heavy atom. The molecule has 1 aliphatic rings. The van der Waals surface area contributed by atoms with Crippen LogP contribution in [0.4, 0.5) is 21.0 Å². The number of amides is 5. The predicted octanol–water partition coefficient (Wildman–Crippen LogP) is 3.62. The van der Waals surface area contributed by atoms with Crippen LogP contribution in [0.5, 0.6) is 0 Å². The van der Waals surface area contributed by atoms with E-state index < -0.39 is 0 Å². The quantitative estimate of drug-likeness (QED) is 0.658. The Bertz CT molecular complexity index is 892. The fourth-order valence-corrected chi connectivity index (χ4v) is 3.37. The Kier molecular flexibility index (Phi) is 8.12. The maximum absolute atomic E-state index is 12.5. The Morgan fingerprint density at radius 1 is 0.806 bits per heavy atom. The highest BCUT2D eigenvalue weighted by molar-refractivity contribution is 6.30. The number of anilines is 2. The van der Waals surface area contributed by atoms with Crippen LogP contribution in [0.2, 0.25) is 5.02 Å². The molecule has 3 N–H and O–H groups in total. The summed E-state index contributed by atoms with van der Waals surface area (Å²) >= 11 is 5.87. The summed E-state index contributed by atoms with van der Waals surface area (Å²) in [5, 5.41) is 8.86. The molecular weight excluding hydrogens is 418 g/mol. The van der Waals surface area contributed by atoms with Crippen molar-refractivity contribution in [3.8, 4) is 0 Å². The van der Waals surface area contributed by atoms with Gasteiger partial charge < -0.3 is 25.8 Å². The van der Waals surface area contributed by atoms with E-state index in [0.29, 0.717) is 49.0 Å². The average molecular weight is 444 g/mol. The topological polar surface area (TPSA) is 93.8 Å². The number of rotatable bonds is 5. The van der Waals surface area contributed by atoms with Gasteiger partial charge in [0.25, 0.3) is 0 Å². The number of nitrogens with one attached hydrogen (secondary N) is 3. The molecule has 1 fully saturated rings. The van der Waals surface area contributed by atoms with Crippen molar-refractivity contribution >= 4 is 40.9 Å². The van der Waals surface area contributed by atoms with E-state index in [9.17, 15) is 14.4 Å². The number of urea groups is 2. The molecule has 164 valence electrons. The van der Waals surface area contributed by atoms with Crippen molar-refractivity contribution in [1.29, 1.82) is 0 Å². The first-order chi connectivity index (χ1) is 15.0. The minimum atomic E-state index is -0.347. The van der Waals surface area contributed by atoms with Crippen molar-refractivity contribution in [2.45, 2.75) is 12.8 Å². The number of hydrogen-bond donors (Lipinski definition) is 3. The summed E-state index contributed by atoms with van der Waals surface area (Å²) in [5.74, 6) is -0.0417. The third kappa shape index (κ3) is 7.18. The van der Waals surface area contributed by atoms with Gasteiger partial charge in [-0.1, -0.05) is 29.8 Å². The monoisotopic (exact) mass is 443 g/mol. The van der Waals surface area contributed by atoms with E-state index in [4.69, 9.17) is 11.6 Å². The molecule has 9 heteroatoms. The molecule has 0 bridgehead atoms. The second-order valence-corrected chi connectivity index (χ2v) is 7.59. The van der Waals surface area contributed by atoms with Gasteiger partial charge >= 0.3 is 12.1 Å². The van der Waals surface area contributed by atoms with Crippen molar-refractivity contribution in [3.63, 3.8) is 0 Å². The molecule has 0 saturated carbocycles. The van der Waals surface area contributed by atoms with Gasteiger partial charge in [-0.25, -0.2) is 9.59 Å². The SMILES string of the molecule is O=C(NCCC(=O)N1CCCN(C(=O)Nc2ccc(Cl)cc2)CC1)Nc1ccccc1. The lowest BCUT2D eigenvalue weighted by Crippen LogP contribution is -2.40. The lowest BCUT2D eigenvalue weighted by Gasteiger charge is -2.22. The molecule has 0 spiro atoms. The van der Waals surface area contributed by atoms with Crippen LogP contribution in [-0.2, 0) is 4.79 Å². The highest BCUT2D eigenvalue weighted by Crippen LogP contribution is 2.14. The van der Waals surface area contributed by atoms with Gasteiger partial charge in [0.05, 0.1) is 0 Å². The number of para-hydroxylation sites is 1. The van der Waals surface area contributed by atoms with Gasteiger partial charge in [0.1, 0.15) is 0 Å². The zero-order chi connectivity index (χ0) is 22.1. The minimum absolute atomic E-state index is 0.0417. The number of benzene rings is 2. The first-order valence-corrected chi connectivity index (χ1v) is 10.6. The van der Waals surface area contributed by atoms with E-state index >= 15 is 0 Å². The molecule has 3 rings (SSSR count). The van der Waals surface area contributed by atoms with Crippen LogP contribution >= 0.6 is 11.6 Å². The zero-order valence-corrected chi connectivity index (χ0v) is 17.9. The van der Waals surface area contributed by atoms with Crippen LogP contribution in [0.25, 0.3) is 0 Å². The van der Waals surface area contributed by atoms with Crippen LogP contribution in [0.1, 0.15) is 12.8 Å². The molecule has 5 amide bonds. The van der Waals surface area contributed by atoms with Crippen LogP contribution in [0, 0.1) is 0 Å². The molecular formula is C22H26ClN5O3. The molecule has 1 heterocycles. The highest BCUT2D eigenvalue weighted by Gasteiger charge is 2.22. The average Bonchev–Trinajstić information content (AvgIpc) is 3.02. The molecule has 31 heavy (non-hydrogen) atoms. The lowest BCUT2D eigenvalue weighted by molar-refractivity contribution is -0.130. The standard InChI is InChI=1S/C22H26ClN5O3/c23-17-7-9-19(10-8-17)26-22(31)28-14-4-13-27(15-16-28)20(29)11-12-24-21(30)25-18-5-2-1-3-6-18/h1-3,5-10H,4,11-16H2,(H,26,31)(H2,24,25,30). The van der Waals surface area contributed by atoms with Gasteiger partial charge in [-0.3, -0.25) is 4.79 Å². The molecule has 1 saturated heterocycles. The number of carbonyl (C=O) groups excluding carboxylic acids is 3. The molecule has 0 atom stereocenters. The van der Waals surface area contributed by atoms with E-state index in [1.165, 1.54) is 0 Å². The molecule has 0 radical (unpaired) electrons. The Labute approximate surface area is 186 Å². The first-order valence-electron chi connectivity index (χ1n) is 10.2. The fourth-order valence-electron chi connectivity index (χ4n) is 3.24. The van der Waals surface area contributed by atoms with Crippen LogP contribution in [0.15, 0.2) is 54.6 Å². The second kappa shape index (κ2) is 11.2. The summed E-state index contributed by atoms with van der Waals surface area (Å²) in [4.78, 5) is 40.4. The summed E-state index contributed by atoms with van der Waals surface area (Å²) in [6, 6.07) is 15.5. The van der Waals surface area contributed by atoms with Crippen molar-refractivity contribution in [2.24, 2.45) is 0 Å². The largest absolute Gasteiger partial charge is 0.341 e. The number of nitrogens with zero attached hydrogens (tertiary/aromatic N) is 2. The van der Waals surface area contributed by atoms with Crippen molar-refractivity contribution < 1.29 is 14.4 Å². The van der Waals surface area contributed by atoms with E-state index in [2.05, 4.69) is 16.0 Å². The Morgan fingerprint density at radius 3 is 2.19 bits per heavy atom. The number of hydrogen-bond acceptors (Lipinski definition) is 3. The maximum Gasteiger partial charge on any atom is 0.321 e. The summed E-state index contributed by atoms with van der Waals surface area (Å²) in [7, 11) is 0. The summed E-state index contributed by atoms with van der Waals surface area (Å²) in [6.07, 6.45) is 0.904. The summed E-state index contributed by atoms with van der Waals surface area (Å²) in [5.41, 5.74) is 1.36. The summed E-state index contributed by atoms with van der Waals surface area (Å²) in [6.45, 7) is 2.31. The lowest BCUT2D eigenvalue weighted by atomic mass is 10.3. The Hall–Kier alpha value is -3.26. The molecule has 2 aromatic rings. The number of carbonyl (C=O) groups is 3. The smallest absolute Gasteiger partial charge is 0.321 e. The van der Waals surface area contributed by atoms with Gasteiger partial charge in [-0.15, -0.1) is 0 Å². The van der Waals surface area contributed by atoms with Gasteiger partial charge in [0.2, 0.25) is 5.91 Å². The zero-order valence-electron chi connectivity index (χ0n) is 17.1. The van der Waals surface area contributed by atoms with E-state index in [1.807, 2.05) is 18.2 Å². The maximum atomic E-state index is 12.5. The highest BCUT2D eigenvalue weighted by atomic mass is 35.5. The van der Waals surface area contributed by atoms with Gasteiger partial charge in [0.15, 0.2) is 0 Å². The van der Waals surface area contributed by atoms with Crippen molar-refractivity contribution in [2.75, 3.05) is 43.4 Å². The molecule has 0 aliphatic carbocycles. The van der Waals surface area contributed by atoms with Crippen LogP contribution in [-0.4, -0.2) is 60.5 Å². The molecule has 0 unspecified atom stereocenters. The van der Waals surface area contributed by atoms with Crippen LogP contribution in [0.3, 0.4) is 0 Å². The molecule has 1 aliphatic heterocycles. The molecule has 0 aromatic heterocycles. The Balaban J connectivity index is 1.39. The van der Waals surface area contributed by atoms with Gasteiger partial charge in [-0.2, -0.15) is 0 Å². The third-order valence-electron chi connectivity index (χ3n) is 4.89. The van der Waals surface area contributed by atoms with E-state index in [-0.39, 0.29) is 30.9 Å². The first kappa shape index (κ1) is 22.4. The second-order valence-electron chi connectivity index (χ2n) is 7.16. The van der Waals surface area contributed by atoms with Gasteiger partial charge in [-0.05, 0) is 42.8 Å². The van der Waals surface area contributed by atoms with Crippen molar-refractivity contribution in [3.05, 3.63) is 59.6 Å². The number of halogens is 1. The third-order valence-corrected chi connectivity index (χ3v) is 5.14. The molecule has 2 aromatic carbocycles. The fraction of sp³-hybridized carbons (Fsp3) is 0.318. The van der Waals surface area contributed by atoms with E-state index in [0.717, 1.165) is 0 Å². The van der Waals surface area contributed by atoms with Gasteiger partial charge in [0, 0.05) is 55.5 Å². The normalized spacial score (nSPS) is 13.8.